The minimum absolute atomic E-state index is 0.185. The highest BCUT2D eigenvalue weighted by atomic mass is 32.2. The maximum atomic E-state index is 13.3. The average Bonchev–Trinajstić information content (AvgIpc) is 2.85. The third kappa shape index (κ3) is 4.59. The molecule has 6 nitrogen and oxygen atoms in total. The number of ether oxygens (including phenoxy) is 1. The number of sulfone groups is 1. The van der Waals surface area contributed by atoms with Crippen molar-refractivity contribution in [2.75, 3.05) is 25.3 Å². The molecule has 0 radical (unpaired) electrons. The summed E-state index contributed by atoms with van der Waals surface area (Å²) in [7, 11) is -3.78. The molecule has 0 aliphatic heterocycles. The normalized spacial score (nSPS) is 12.9. The second kappa shape index (κ2) is 7.33. The molecular weight excluding hydrogens is 393 g/mol. The van der Waals surface area contributed by atoms with Crippen LogP contribution in [0.5, 0.6) is 0 Å². The number of alkyl halides is 3. The highest BCUT2D eigenvalue weighted by Gasteiger charge is 2.38. The molecule has 0 aliphatic carbocycles. The van der Waals surface area contributed by atoms with Crippen molar-refractivity contribution in [3.63, 3.8) is 0 Å². The molecule has 2 aromatic rings. The molecular formula is C15H16F3N2O4S2+. The number of thiazole rings is 1. The number of benzene rings is 1. The first kappa shape index (κ1) is 20.3. The standard InChI is InChI=1S/C15H15F3N2O4S2/c1-9-8-25(14(19-9)20-13(21)7-24-2)10-4-5-12(26(3,22)23)11(6-10)15(16,17)18/h4-6,8H,7H2,1-3H3/p+1. The fourth-order valence-corrected chi connectivity index (χ4v) is 4.88. The molecule has 1 atom stereocenters. The third-order valence-electron chi connectivity index (χ3n) is 3.21. The minimum Gasteiger partial charge on any atom is -0.375 e. The van der Waals surface area contributed by atoms with E-state index in [1.165, 1.54) is 13.2 Å². The monoisotopic (exact) mass is 409 g/mol. The molecule has 11 heteroatoms. The lowest BCUT2D eigenvalue weighted by atomic mass is 10.2. The predicted molar refractivity (Wildman–Crippen MR) is 91.4 cm³/mol. The van der Waals surface area contributed by atoms with Gasteiger partial charge in [0.1, 0.15) is 6.61 Å². The molecule has 0 saturated carbocycles. The van der Waals surface area contributed by atoms with E-state index in [1.807, 2.05) is 0 Å². The molecule has 1 aromatic carbocycles. The largest absolute Gasteiger partial charge is 0.417 e. The number of amides is 1. The smallest absolute Gasteiger partial charge is 0.375 e. The fraction of sp³-hybridized carbons (Fsp3) is 0.333. The van der Waals surface area contributed by atoms with Crippen LogP contribution >= 0.6 is 10.5 Å². The summed E-state index contributed by atoms with van der Waals surface area (Å²) in [5.41, 5.74) is -0.715. The van der Waals surface area contributed by atoms with Crippen LogP contribution in [0.4, 0.5) is 18.3 Å². The molecule has 1 heterocycles. The van der Waals surface area contributed by atoms with Gasteiger partial charge in [0, 0.05) is 19.4 Å². The second-order valence-corrected chi connectivity index (χ2v) is 9.18. The van der Waals surface area contributed by atoms with Gasteiger partial charge >= 0.3 is 11.3 Å². The summed E-state index contributed by atoms with van der Waals surface area (Å²) >= 11 is 0. The van der Waals surface area contributed by atoms with Crippen LogP contribution in [0.25, 0.3) is 4.90 Å². The molecule has 0 fully saturated rings. The molecule has 1 amide bonds. The topological polar surface area (TPSA) is 85.4 Å². The van der Waals surface area contributed by atoms with E-state index in [1.54, 1.807) is 12.3 Å². The van der Waals surface area contributed by atoms with Crippen molar-refractivity contribution < 1.29 is 31.1 Å². The Morgan fingerprint density at radius 1 is 1.35 bits per heavy atom. The molecule has 0 aliphatic rings. The van der Waals surface area contributed by atoms with Gasteiger partial charge < -0.3 is 4.74 Å². The van der Waals surface area contributed by atoms with Crippen molar-refractivity contribution in [1.82, 2.24) is 4.98 Å². The van der Waals surface area contributed by atoms with Crippen LogP contribution in [0, 0.1) is 6.92 Å². The Balaban J connectivity index is 2.59. The number of carbonyl (C=O) groups is 1. The zero-order chi connectivity index (χ0) is 19.7. The lowest BCUT2D eigenvalue weighted by Crippen LogP contribution is -2.17. The number of hydrogen-bond acceptors (Lipinski definition) is 5. The molecule has 0 spiro atoms. The molecule has 142 valence electrons. The quantitative estimate of drug-likeness (QED) is 0.767. The number of carbonyl (C=O) groups excluding carboxylic acids is 1. The first-order chi connectivity index (χ1) is 11.9. The lowest BCUT2D eigenvalue weighted by Gasteiger charge is -2.11. The summed E-state index contributed by atoms with van der Waals surface area (Å²) in [5, 5.41) is 4.30. The summed E-state index contributed by atoms with van der Waals surface area (Å²) < 4.78 is 68.0. The van der Waals surface area contributed by atoms with Crippen LogP contribution in [0.1, 0.15) is 11.3 Å². The van der Waals surface area contributed by atoms with E-state index in [9.17, 15) is 26.4 Å². The van der Waals surface area contributed by atoms with Gasteiger partial charge in [0.05, 0.1) is 26.6 Å². The van der Waals surface area contributed by atoms with E-state index in [4.69, 9.17) is 4.74 Å². The van der Waals surface area contributed by atoms with E-state index >= 15 is 0 Å². The molecule has 2 rings (SSSR count). The van der Waals surface area contributed by atoms with E-state index in [2.05, 4.69) is 10.3 Å². The minimum atomic E-state index is -4.84. The van der Waals surface area contributed by atoms with Crippen molar-refractivity contribution in [2.45, 2.75) is 18.0 Å². The van der Waals surface area contributed by atoms with Crippen molar-refractivity contribution in [2.24, 2.45) is 0 Å². The number of nitrogens with one attached hydrogen (secondary N) is 1. The number of methoxy groups -OCH3 is 1. The highest BCUT2D eigenvalue weighted by Crippen LogP contribution is 2.43. The van der Waals surface area contributed by atoms with Crippen molar-refractivity contribution in [1.29, 1.82) is 0 Å². The van der Waals surface area contributed by atoms with Crippen molar-refractivity contribution in [3.8, 4) is 4.90 Å². The highest BCUT2D eigenvalue weighted by molar-refractivity contribution is 7.90. The molecule has 0 bridgehead atoms. The van der Waals surface area contributed by atoms with Crippen LogP contribution in [-0.2, 0) is 25.5 Å². The Morgan fingerprint density at radius 3 is 2.54 bits per heavy atom. The average molecular weight is 409 g/mol. The Morgan fingerprint density at radius 2 is 2.00 bits per heavy atom. The first-order valence-electron chi connectivity index (χ1n) is 7.14. The van der Waals surface area contributed by atoms with Gasteiger partial charge in [0.2, 0.25) is 0 Å². The molecule has 1 unspecified atom stereocenters. The fourth-order valence-electron chi connectivity index (χ4n) is 2.20. The lowest BCUT2D eigenvalue weighted by molar-refractivity contribution is -0.139. The maximum Gasteiger partial charge on any atom is 0.417 e. The van der Waals surface area contributed by atoms with E-state index in [0.29, 0.717) is 5.69 Å². The van der Waals surface area contributed by atoms with Gasteiger partial charge in [0.25, 0.3) is 5.91 Å². The second-order valence-electron chi connectivity index (χ2n) is 5.42. The van der Waals surface area contributed by atoms with E-state index < -0.39 is 42.8 Å². The number of aromatic nitrogens is 1. The first-order valence-corrected chi connectivity index (χ1v) is 10.3. The number of hydrogen-bond donors (Lipinski definition) is 1. The Hall–Kier alpha value is -1.98. The van der Waals surface area contributed by atoms with Gasteiger partial charge in [-0.2, -0.15) is 18.2 Å². The summed E-state index contributed by atoms with van der Waals surface area (Å²) in [6.07, 6.45) is -4.12. The van der Waals surface area contributed by atoms with Crippen LogP contribution in [0.2, 0.25) is 0 Å². The molecule has 1 N–H and O–H groups in total. The number of rotatable bonds is 5. The van der Waals surface area contributed by atoms with Gasteiger partial charge in [-0.25, -0.2) is 8.42 Å². The number of halogens is 3. The van der Waals surface area contributed by atoms with E-state index in [0.717, 1.165) is 18.4 Å². The van der Waals surface area contributed by atoms with Gasteiger partial charge in [-0.3, -0.25) is 10.1 Å². The SMILES string of the molecule is COCC(=O)Nc1nc(C)c[s+]1-c1ccc(S(C)(=O)=O)c(C(F)(F)F)c1. The number of nitrogens with zero attached hydrogens (tertiary/aromatic N) is 1. The Bertz CT molecular complexity index is 937. The summed E-state index contributed by atoms with van der Waals surface area (Å²) in [5.74, 6) is -0.490. The Kier molecular flexibility index (Phi) is 5.73. The van der Waals surface area contributed by atoms with Crippen molar-refractivity contribution in [3.05, 3.63) is 34.8 Å². The zero-order valence-electron chi connectivity index (χ0n) is 14.0. The number of anilines is 1. The number of aryl methyl sites for hydroxylation is 1. The molecule has 26 heavy (non-hydrogen) atoms. The third-order valence-corrected chi connectivity index (χ3v) is 6.31. The van der Waals surface area contributed by atoms with Crippen LogP contribution in [-0.4, -0.2) is 39.3 Å². The zero-order valence-corrected chi connectivity index (χ0v) is 15.7. The summed E-state index contributed by atoms with van der Waals surface area (Å²) in [4.78, 5) is 15.2. The van der Waals surface area contributed by atoms with Crippen LogP contribution in [0.15, 0.2) is 28.5 Å². The summed E-state index contributed by atoms with van der Waals surface area (Å²) in [6.45, 7) is 1.42. The van der Waals surface area contributed by atoms with Gasteiger partial charge in [-0.1, -0.05) is 0 Å². The van der Waals surface area contributed by atoms with Gasteiger partial charge in [-0.05, 0) is 19.1 Å². The maximum absolute atomic E-state index is 13.3. The van der Waals surface area contributed by atoms with Crippen LogP contribution < -0.4 is 5.32 Å². The molecule has 0 saturated heterocycles. The Labute approximate surface area is 150 Å². The summed E-state index contributed by atoms with van der Waals surface area (Å²) in [6, 6.07) is 3.00. The van der Waals surface area contributed by atoms with Crippen molar-refractivity contribution >= 4 is 31.3 Å². The van der Waals surface area contributed by atoms with Gasteiger partial charge in [-0.15, -0.1) is 0 Å². The van der Waals surface area contributed by atoms with Crippen LogP contribution in [0.3, 0.4) is 0 Å². The van der Waals surface area contributed by atoms with E-state index in [-0.39, 0.29) is 16.6 Å². The predicted octanol–water partition coefficient (Wildman–Crippen LogP) is 3.14. The van der Waals surface area contributed by atoms with Gasteiger partial charge in [0.15, 0.2) is 20.1 Å². The molecule has 1 aromatic heterocycles.